The second kappa shape index (κ2) is 7.07. The van der Waals surface area contributed by atoms with E-state index in [0.717, 1.165) is 0 Å². The number of hydrogen-bond acceptors (Lipinski definition) is 3. The summed E-state index contributed by atoms with van der Waals surface area (Å²) in [4.78, 5) is 0. The zero-order valence-electron chi connectivity index (χ0n) is 12.5. The van der Waals surface area contributed by atoms with Crippen molar-refractivity contribution in [2.75, 3.05) is 0 Å². The Kier molecular flexibility index (Phi) is 6.58. The molecule has 1 atom stereocenters. The van der Waals surface area contributed by atoms with Gasteiger partial charge in [-0.05, 0) is 38.2 Å². The first kappa shape index (κ1) is 17.7. The van der Waals surface area contributed by atoms with Gasteiger partial charge in [0.2, 0.25) is 0 Å². The van der Waals surface area contributed by atoms with Crippen LogP contribution in [0.15, 0.2) is 12.1 Å². The number of hydrogen-bond donors (Lipinski definition) is 1. The molecule has 19 heavy (non-hydrogen) atoms. The molecular formula is C13H24BIO2SSi. The van der Waals surface area contributed by atoms with E-state index < -0.39 is 17.5 Å². The Labute approximate surface area is 136 Å². The van der Waals surface area contributed by atoms with Crippen molar-refractivity contribution in [3.05, 3.63) is 12.1 Å². The van der Waals surface area contributed by atoms with E-state index in [1.165, 1.54) is 17.2 Å². The second-order valence-electron chi connectivity index (χ2n) is 5.92. The lowest BCUT2D eigenvalue weighted by Crippen LogP contribution is -2.49. The van der Waals surface area contributed by atoms with Gasteiger partial charge in [0, 0.05) is 4.78 Å². The van der Waals surface area contributed by atoms with Crippen LogP contribution in [0.25, 0.3) is 0 Å². The summed E-state index contributed by atoms with van der Waals surface area (Å²) in [6.45, 7) is 9.72. The van der Waals surface area contributed by atoms with Crippen LogP contribution >= 0.6 is 33.1 Å². The minimum atomic E-state index is -0.837. The van der Waals surface area contributed by atoms with Gasteiger partial charge < -0.3 is 9.76 Å². The molecule has 0 saturated heterocycles. The van der Waals surface area contributed by atoms with Gasteiger partial charge in [0.05, 0.1) is 11.2 Å². The van der Waals surface area contributed by atoms with Crippen LogP contribution in [0.1, 0.15) is 41.0 Å². The summed E-state index contributed by atoms with van der Waals surface area (Å²) < 4.78 is 8.73. The van der Waals surface area contributed by atoms with Crippen LogP contribution in [0.5, 0.6) is 0 Å². The molecule has 0 amide bonds. The highest BCUT2D eigenvalue weighted by atomic mass is 127. The number of rotatable bonds is 7. The predicted octanol–water partition coefficient (Wildman–Crippen LogP) is 2.07. The van der Waals surface area contributed by atoms with E-state index in [-0.39, 0.29) is 0 Å². The highest BCUT2D eigenvalue weighted by Gasteiger charge is 2.35. The molecule has 1 aromatic rings. The smallest absolute Gasteiger partial charge is 0.319 e. The van der Waals surface area contributed by atoms with E-state index in [1.54, 1.807) is 18.3 Å². The number of thiophene rings is 1. The maximum Gasteiger partial charge on any atom is 0.319 e. The van der Waals surface area contributed by atoms with E-state index in [9.17, 15) is 5.11 Å². The maximum atomic E-state index is 10.1. The lowest BCUT2D eigenvalue weighted by molar-refractivity contribution is -0.0892. The molecule has 0 spiro atoms. The Balaban J connectivity index is 2.60. The molecule has 0 aliphatic heterocycles. The van der Waals surface area contributed by atoms with Crippen LogP contribution < -0.4 is 9.28 Å². The summed E-state index contributed by atoms with van der Waals surface area (Å²) in [5.41, 5.74) is -1.38. The summed E-state index contributed by atoms with van der Waals surface area (Å²) in [5.74, 6) is 0. The van der Waals surface area contributed by atoms with Crippen LogP contribution in [0.2, 0.25) is 6.04 Å². The van der Waals surface area contributed by atoms with Crippen LogP contribution in [0.4, 0.5) is 0 Å². The van der Waals surface area contributed by atoms with Crippen molar-refractivity contribution >= 4 is 56.2 Å². The average molecular weight is 410 g/mol. The lowest BCUT2D eigenvalue weighted by Gasteiger charge is -2.37. The third-order valence-electron chi connectivity index (χ3n) is 3.58. The SMILES string of the molecule is CCC[SiH](I)c1ccc(BOC(C)(C)C(C)(C)O)s1. The van der Waals surface area contributed by atoms with Gasteiger partial charge in [-0.3, -0.25) is 0 Å². The van der Waals surface area contributed by atoms with Gasteiger partial charge in [-0.2, -0.15) is 11.3 Å². The van der Waals surface area contributed by atoms with Crippen molar-refractivity contribution in [3.8, 4) is 0 Å². The largest absolute Gasteiger partial charge is 0.426 e. The molecule has 0 aliphatic carbocycles. The molecular weight excluding hydrogens is 386 g/mol. The summed E-state index contributed by atoms with van der Waals surface area (Å²) in [6, 6.07) is 5.80. The van der Waals surface area contributed by atoms with Crippen molar-refractivity contribution in [1.82, 2.24) is 0 Å². The molecule has 0 fully saturated rings. The molecule has 1 rings (SSSR count). The first-order valence-electron chi connectivity index (χ1n) is 6.76. The molecule has 1 aromatic heterocycles. The van der Waals surface area contributed by atoms with E-state index >= 15 is 0 Å². The Bertz CT molecular complexity index is 404. The van der Waals surface area contributed by atoms with E-state index in [4.69, 9.17) is 4.65 Å². The molecule has 0 aromatic carbocycles. The fraction of sp³-hybridized carbons (Fsp3) is 0.692. The summed E-state index contributed by atoms with van der Waals surface area (Å²) in [5, 5.41) is 10.1. The molecule has 6 heteroatoms. The molecule has 0 aliphatic rings. The first-order valence-corrected chi connectivity index (χ1v) is 13.1. The van der Waals surface area contributed by atoms with Crippen molar-refractivity contribution in [2.24, 2.45) is 0 Å². The van der Waals surface area contributed by atoms with Gasteiger partial charge in [-0.15, -0.1) is 21.8 Å². The Hall–Kier alpha value is 0.632. The maximum absolute atomic E-state index is 10.1. The number of halogens is 1. The van der Waals surface area contributed by atoms with Crippen molar-refractivity contribution in [1.29, 1.82) is 0 Å². The fourth-order valence-corrected chi connectivity index (χ4v) is 8.21. The Morgan fingerprint density at radius 3 is 2.53 bits per heavy atom. The monoisotopic (exact) mass is 410 g/mol. The van der Waals surface area contributed by atoms with Gasteiger partial charge in [0.25, 0.3) is 0 Å². The van der Waals surface area contributed by atoms with Crippen LogP contribution in [-0.4, -0.2) is 30.1 Å². The van der Waals surface area contributed by atoms with Crippen LogP contribution in [-0.2, 0) is 4.65 Å². The van der Waals surface area contributed by atoms with Gasteiger partial charge in [0.15, 0.2) is 6.29 Å². The molecule has 0 bridgehead atoms. The fourth-order valence-electron chi connectivity index (χ4n) is 1.46. The lowest BCUT2D eigenvalue weighted by atomic mass is 9.86. The topological polar surface area (TPSA) is 29.5 Å². The van der Waals surface area contributed by atoms with Gasteiger partial charge in [0.1, 0.15) is 0 Å². The van der Waals surface area contributed by atoms with E-state index in [2.05, 4.69) is 40.9 Å². The van der Waals surface area contributed by atoms with Gasteiger partial charge in [-0.1, -0.05) is 25.5 Å². The van der Waals surface area contributed by atoms with Crippen molar-refractivity contribution < 1.29 is 9.76 Å². The molecule has 1 heterocycles. The zero-order valence-corrected chi connectivity index (χ0v) is 16.6. The Morgan fingerprint density at radius 2 is 2.00 bits per heavy atom. The van der Waals surface area contributed by atoms with Crippen LogP contribution in [0, 0.1) is 0 Å². The standard InChI is InChI=1S/C13H24BIO2SSi/c1-6-9-19(15)11-8-7-10(18-11)14-17-13(4,5)12(2,3)16/h7-8,14,16,19H,6,9H2,1-5H3. The molecule has 108 valence electrons. The second-order valence-corrected chi connectivity index (χ2v) is 14.2. The first-order chi connectivity index (χ1) is 8.67. The van der Waals surface area contributed by atoms with E-state index in [0.29, 0.717) is 7.48 Å². The highest BCUT2D eigenvalue weighted by molar-refractivity contribution is 14.1. The Morgan fingerprint density at radius 1 is 1.37 bits per heavy atom. The minimum absolute atomic E-state index is 0.540. The van der Waals surface area contributed by atoms with Crippen LogP contribution in [0.3, 0.4) is 0 Å². The third kappa shape index (κ3) is 5.15. The number of aliphatic hydroxyl groups is 1. The molecule has 2 nitrogen and oxygen atoms in total. The minimum Gasteiger partial charge on any atom is -0.426 e. The van der Waals surface area contributed by atoms with Crippen molar-refractivity contribution in [2.45, 2.75) is 58.3 Å². The molecule has 0 radical (unpaired) electrons. The molecule has 1 unspecified atom stereocenters. The molecule has 1 N–H and O–H groups in total. The highest BCUT2D eigenvalue weighted by Crippen LogP contribution is 2.24. The predicted molar refractivity (Wildman–Crippen MR) is 98.5 cm³/mol. The van der Waals surface area contributed by atoms with Gasteiger partial charge in [-0.25, -0.2) is 0 Å². The summed E-state index contributed by atoms with van der Waals surface area (Å²) >= 11 is 4.53. The van der Waals surface area contributed by atoms with Gasteiger partial charge >= 0.3 is 7.48 Å². The van der Waals surface area contributed by atoms with Crippen molar-refractivity contribution in [3.63, 3.8) is 0 Å². The normalized spacial score (nSPS) is 14.5. The quantitative estimate of drug-likeness (QED) is 0.424. The molecule has 0 saturated carbocycles. The van der Waals surface area contributed by atoms with E-state index in [1.807, 2.05) is 25.2 Å². The summed E-state index contributed by atoms with van der Waals surface area (Å²) in [7, 11) is 0.589. The average Bonchev–Trinajstić information content (AvgIpc) is 2.74. The zero-order chi connectivity index (χ0) is 14.7. The summed E-state index contributed by atoms with van der Waals surface area (Å²) in [6.07, 6.45) is 0.517. The third-order valence-corrected chi connectivity index (χ3v) is 12.7.